The number of aliphatic hydroxyl groups is 2. The number of hydrogen-bond acceptors (Lipinski definition) is 7. The van der Waals surface area contributed by atoms with E-state index in [2.05, 4.69) is 22.0 Å². The topological polar surface area (TPSA) is 88.6 Å². The maximum atomic E-state index is 13.7. The molecule has 0 saturated carbocycles. The van der Waals surface area contributed by atoms with E-state index in [0.717, 1.165) is 16.9 Å². The zero-order chi connectivity index (χ0) is 25.7. The second kappa shape index (κ2) is 9.56. The first-order chi connectivity index (χ1) is 17.1. The van der Waals surface area contributed by atoms with Crippen LogP contribution in [0, 0.1) is 0 Å². The summed E-state index contributed by atoms with van der Waals surface area (Å²) >= 11 is 0.743. The number of aromatic nitrogens is 4. The van der Waals surface area contributed by atoms with Crippen molar-refractivity contribution in [2.75, 3.05) is 13.2 Å². The minimum Gasteiger partial charge on any atom is -0.392 e. The second-order valence-corrected chi connectivity index (χ2v) is 10.7. The van der Waals surface area contributed by atoms with Crippen molar-refractivity contribution < 1.29 is 28.1 Å². The van der Waals surface area contributed by atoms with Crippen LogP contribution >= 0.6 is 11.3 Å². The number of ether oxygens (including phenoxy) is 1. The van der Waals surface area contributed by atoms with E-state index in [1.165, 1.54) is 0 Å². The van der Waals surface area contributed by atoms with E-state index in [9.17, 15) is 23.4 Å². The quantitative estimate of drug-likeness (QED) is 0.513. The molecule has 0 bridgehead atoms. The lowest BCUT2D eigenvalue weighted by Gasteiger charge is -2.47. The second-order valence-electron chi connectivity index (χ2n) is 9.71. The standard InChI is InChI=1S/C24H30F3N5O3S/c1-15-9-23(21-17(4-8-35-23)18(14-33)22(36-21)24(25,26)27)5-7-31(15)11-16-10-29-32(12-16)13-20(34)19-3-6-28-30(19)2/h3,6,10,12,15,20,33-34H,4-5,7-9,11,13-14H2,1-2H3/t15-,20?,23+/m0/s1. The lowest BCUT2D eigenvalue weighted by molar-refractivity contribution is -0.135. The van der Waals surface area contributed by atoms with Gasteiger partial charge in [-0.3, -0.25) is 14.3 Å². The van der Waals surface area contributed by atoms with Gasteiger partial charge in [-0.1, -0.05) is 0 Å². The molecule has 0 aromatic carbocycles. The van der Waals surface area contributed by atoms with E-state index < -0.39 is 29.4 Å². The van der Waals surface area contributed by atoms with Crippen molar-refractivity contribution in [1.29, 1.82) is 0 Å². The zero-order valence-electron chi connectivity index (χ0n) is 20.2. The molecule has 3 aromatic rings. The molecule has 1 fully saturated rings. The van der Waals surface area contributed by atoms with Gasteiger partial charge in [0.15, 0.2) is 0 Å². The molecule has 0 amide bonds. The summed E-state index contributed by atoms with van der Waals surface area (Å²) in [6.07, 6.45) is 1.67. The van der Waals surface area contributed by atoms with Gasteiger partial charge < -0.3 is 14.9 Å². The summed E-state index contributed by atoms with van der Waals surface area (Å²) in [7, 11) is 1.78. The van der Waals surface area contributed by atoms with Crippen molar-refractivity contribution in [3.8, 4) is 0 Å². The monoisotopic (exact) mass is 525 g/mol. The normalized spacial score (nSPS) is 23.8. The van der Waals surface area contributed by atoms with Crippen molar-refractivity contribution in [3.63, 3.8) is 0 Å². The minimum atomic E-state index is -4.49. The van der Waals surface area contributed by atoms with Gasteiger partial charge >= 0.3 is 6.18 Å². The van der Waals surface area contributed by atoms with Crippen LogP contribution in [0.1, 0.15) is 58.0 Å². The minimum absolute atomic E-state index is 0.0148. The third-order valence-corrected chi connectivity index (χ3v) is 8.86. The van der Waals surface area contributed by atoms with Gasteiger partial charge in [-0.2, -0.15) is 23.4 Å². The van der Waals surface area contributed by atoms with Crippen LogP contribution in [-0.2, 0) is 49.7 Å². The van der Waals surface area contributed by atoms with Gasteiger partial charge in [0.05, 0.1) is 31.6 Å². The predicted octanol–water partition coefficient (Wildman–Crippen LogP) is 3.38. The van der Waals surface area contributed by atoms with Crippen molar-refractivity contribution in [2.24, 2.45) is 7.05 Å². The lowest BCUT2D eigenvalue weighted by Crippen LogP contribution is -2.50. The molecule has 36 heavy (non-hydrogen) atoms. The Morgan fingerprint density at radius 3 is 2.81 bits per heavy atom. The first-order valence-corrected chi connectivity index (χ1v) is 12.8. The molecule has 8 nitrogen and oxygen atoms in total. The van der Waals surface area contributed by atoms with Crippen LogP contribution in [0.4, 0.5) is 13.2 Å². The van der Waals surface area contributed by atoms with Crippen molar-refractivity contribution >= 4 is 11.3 Å². The molecular weight excluding hydrogens is 495 g/mol. The summed E-state index contributed by atoms with van der Waals surface area (Å²) in [4.78, 5) is 2.22. The van der Waals surface area contributed by atoms with Crippen LogP contribution in [-0.4, -0.2) is 53.9 Å². The molecule has 3 atom stereocenters. The third-order valence-electron chi connectivity index (χ3n) is 7.36. The fourth-order valence-electron chi connectivity index (χ4n) is 5.57. The number of likely N-dealkylation sites (tertiary alicyclic amines) is 1. The van der Waals surface area contributed by atoms with E-state index in [0.29, 0.717) is 61.6 Å². The summed E-state index contributed by atoms with van der Waals surface area (Å²) in [5.41, 5.74) is 1.59. The molecule has 0 radical (unpaired) electrons. The van der Waals surface area contributed by atoms with E-state index in [1.807, 2.05) is 6.20 Å². The number of rotatable bonds is 6. The summed E-state index contributed by atoms with van der Waals surface area (Å²) in [6.45, 7) is 3.43. The highest BCUT2D eigenvalue weighted by Gasteiger charge is 2.48. The fraction of sp³-hybridized carbons (Fsp3) is 0.583. The van der Waals surface area contributed by atoms with Crippen LogP contribution in [0.2, 0.25) is 0 Å². The molecule has 3 aromatic heterocycles. The van der Waals surface area contributed by atoms with E-state index in [4.69, 9.17) is 4.74 Å². The smallest absolute Gasteiger partial charge is 0.392 e. The van der Waals surface area contributed by atoms with Gasteiger partial charge in [-0.15, -0.1) is 11.3 Å². The molecular formula is C24H30F3N5O3S. The maximum Gasteiger partial charge on any atom is 0.425 e. The van der Waals surface area contributed by atoms with E-state index >= 15 is 0 Å². The molecule has 1 unspecified atom stereocenters. The third kappa shape index (κ3) is 4.60. The lowest BCUT2D eigenvalue weighted by atomic mass is 9.81. The number of aliphatic hydroxyl groups excluding tert-OH is 2. The number of piperidine rings is 1. The molecule has 1 spiro atoms. The van der Waals surface area contributed by atoms with Gasteiger partial charge in [-0.25, -0.2) is 0 Å². The summed E-state index contributed by atoms with van der Waals surface area (Å²) < 4.78 is 50.5. The van der Waals surface area contributed by atoms with E-state index in [-0.39, 0.29) is 11.6 Å². The summed E-state index contributed by atoms with van der Waals surface area (Å²) in [5.74, 6) is 0. The molecule has 5 heterocycles. The predicted molar refractivity (Wildman–Crippen MR) is 126 cm³/mol. The Morgan fingerprint density at radius 1 is 1.33 bits per heavy atom. The Labute approximate surface area is 210 Å². The SMILES string of the molecule is C[C@H]1C[C@@]2(CCN1Cc1cnn(CC(O)c3ccnn3C)c1)OCCc1c2sc(C(F)(F)F)c1CO. The van der Waals surface area contributed by atoms with Crippen LogP contribution in [0.15, 0.2) is 24.7 Å². The van der Waals surface area contributed by atoms with Crippen LogP contribution in [0.3, 0.4) is 0 Å². The highest BCUT2D eigenvalue weighted by molar-refractivity contribution is 7.12. The van der Waals surface area contributed by atoms with Crippen LogP contribution in [0.5, 0.6) is 0 Å². The fourth-order valence-corrected chi connectivity index (χ4v) is 6.98. The first-order valence-electron chi connectivity index (χ1n) is 12.0. The van der Waals surface area contributed by atoms with Crippen molar-refractivity contribution in [1.82, 2.24) is 24.5 Å². The average Bonchev–Trinajstić information content (AvgIpc) is 3.54. The molecule has 2 aliphatic heterocycles. The Kier molecular flexibility index (Phi) is 6.75. The van der Waals surface area contributed by atoms with Gasteiger partial charge in [0.2, 0.25) is 0 Å². The Bertz CT molecular complexity index is 1220. The summed E-state index contributed by atoms with van der Waals surface area (Å²) in [5, 5.41) is 28.7. The number of halogens is 3. The van der Waals surface area contributed by atoms with Gasteiger partial charge in [0.25, 0.3) is 0 Å². The Morgan fingerprint density at radius 2 is 2.14 bits per heavy atom. The number of thiophene rings is 1. The molecule has 5 rings (SSSR count). The number of nitrogens with zero attached hydrogens (tertiary/aromatic N) is 5. The number of aryl methyl sites for hydroxylation is 1. The van der Waals surface area contributed by atoms with Crippen LogP contribution < -0.4 is 0 Å². The Hall–Kier alpha value is -2.25. The van der Waals surface area contributed by atoms with Crippen LogP contribution in [0.25, 0.3) is 0 Å². The van der Waals surface area contributed by atoms with E-state index in [1.54, 1.807) is 34.9 Å². The first kappa shape index (κ1) is 25.4. The number of alkyl halides is 3. The van der Waals surface area contributed by atoms with Gasteiger partial charge in [0, 0.05) is 54.6 Å². The molecule has 1 saturated heterocycles. The molecule has 196 valence electrons. The summed E-state index contributed by atoms with van der Waals surface area (Å²) in [6, 6.07) is 1.84. The number of fused-ring (bicyclic) bond motifs is 2. The maximum absolute atomic E-state index is 13.7. The highest BCUT2D eigenvalue weighted by Crippen LogP contribution is 2.51. The largest absolute Gasteiger partial charge is 0.425 e. The average molecular weight is 526 g/mol. The molecule has 12 heteroatoms. The molecule has 0 aliphatic carbocycles. The van der Waals surface area contributed by atoms with Gasteiger partial charge in [0.1, 0.15) is 16.6 Å². The van der Waals surface area contributed by atoms with Crippen molar-refractivity contribution in [2.45, 2.75) is 69.8 Å². The Balaban J connectivity index is 1.28. The molecule has 2 aliphatic rings. The van der Waals surface area contributed by atoms with Crippen molar-refractivity contribution in [3.05, 3.63) is 56.8 Å². The number of hydrogen-bond donors (Lipinski definition) is 2. The van der Waals surface area contributed by atoms with Gasteiger partial charge in [-0.05, 0) is 37.8 Å². The highest BCUT2D eigenvalue weighted by atomic mass is 32.1. The molecule has 2 N–H and O–H groups in total. The zero-order valence-corrected chi connectivity index (χ0v) is 21.0.